The predicted octanol–water partition coefficient (Wildman–Crippen LogP) is 3.04. The number of benzene rings is 1. The molecule has 1 aliphatic heterocycles. The molecule has 0 spiro atoms. The lowest BCUT2D eigenvalue weighted by atomic mass is 10.2. The summed E-state index contributed by atoms with van der Waals surface area (Å²) in [6.45, 7) is 1.18. The molecule has 1 aromatic rings. The molecule has 0 aromatic heterocycles. The summed E-state index contributed by atoms with van der Waals surface area (Å²) in [5.74, 6) is -0.581. The number of nitrogens with zero attached hydrogens (tertiary/aromatic N) is 1. The van der Waals surface area contributed by atoms with Gasteiger partial charge in [0.05, 0.1) is 9.85 Å². The summed E-state index contributed by atoms with van der Waals surface area (Å²) in [5.41, 5.74) is 0.367. The maximum Gasteiger partial charge on any atom is 0.254 e. The van der Waals surface area contributed by atoms with Gasteiger partial charge < -0.3 is 4.90 Å². The highest BCUT2D eigenvalue weighted by atomic mass is 79.9. The molecule has 86 valence electrons. The van der Waals surface area contributed by atoms with E-state index in [4.69, 9.17) is 11.6 Å². The van der Waals surface area contributed by atoms with Crippen molar-refractivity contribution in [3.8, 4) is 0 Å². The van der Waals surface area contributed by atoms with Crippen LogP contribution in [0.5, 0.6) is 0 Å². The number of carbonyl (C=O) groups is 1. The van der Waals surface area contributed by atoms with Gasteiger partial charge in [-0.3, -0.25) is 4.79 Å². The van der Waals surface area contributed by atoms with Gasteiger partial charge in [0, 0.05) is 18.7 Å². The van der Waals surface area contributed by atoms with E-state index >= 15 is 0 Å². The van der Waals surface area contributed by atoms with Crippen molar-refractivity contribution in [3.05, 3.63) is 34.1 Å². The van der Waals surface area contributed by atoms with Crippen LogP contribution in [0.25, 0.3) is 0 Å². The molecule has 2 nitrogen and oxygen atoms in total. The molecule has 0 aliphatic carbocycles. The molecule has 1 fully saturated rings. The van der Waals surface area contributed by atoms with Crippen molar-refractivity contribution in [2.75, 3.05) is 13.1 Å². The minimum absolute atomic E-state index is 0.0178. The molecule has 1 unspecified atom stereocenters. The molecular weight excluding hydrogens is 296 g/mol. The molecule has 0 radical (unpaired) electrons. The van der Waals surface area contributed by atoms with Crippen LogP contribution in [0.3, 0.4) is 0 Å². The van der Waals surface area contributed by atoms with Gasteiger partial charge in [0.1, 0.15) is 5.82 Å². The Kier molecular flexibility index (Phi) is 3.50. The molecule has 0 N–H and O–H groups in total. The van der Waals surface area contributed by atoms with Crippen LogP contribution in [0.15, 0.2) is 22.7 Å². The van der Waals surface area contributed by atoms with Gasteiger partial charge in [0.2, 0.25) is 0 Å². The Labute approximate surface area is 107 Å². The normalized spacial score (nSPS) is 20.2. The fourth-order valence-electron chi connectivity index (χ4n) is 1.71. The number of rotatable bonds is 1. The van der Waals surface area contributed by atoms with Crippen molar-refractivity contribution in [1.82, 2.24) is 4.90 Å². The molecule has 0 saturated carbocycles. The van der Waals surface area contributed by atoms with E-state index in [2.05, 4.69) is 15.9 Å². The number of carbonyl (C=O) groups excluding carboxylic acids is 1. The second-order valence-electron chi connectivity index (χ2n) is 3.77. The van der Waals surface area contributed by atoms with Gasteiger partial charge in [-0.2, -0.15) is 0 Å². The Morgan fingerprint density at radius 1 is 1.56 bits per heavy atom. The van der Waals surface area contributed by atoms with Crippen molar-refractivity contribution >= 4 is 33.4 Å². The van der Waals surface area contributed by atoms with Gasteiger partial charge >= 0.3 is 0 Å². The third-order valence-electron chi connectivity index (χ3n) is 2.58. The first kappa shape index (κ1) is 11.9. The van der Waals surface area contributed by atoms with Gasteiger partial charge in [0.15, 0.2) is 0 Å². The van der Waals surface area contributed by atoms with Crippen molar-refractivity contribution < 1.29 is 9.18 Å². The lowest BCUT2D eigenvalue weighted by Crippen LogP contribution is -2.28. The minimum Gasteiger partial charge on any atom is -0.337 e. The first-order valence-corrected chi connectivity index (χ1v) is 6.19. The first-order valence-electron chi connectivity index (χ1n) is 4.96. The zero-order chi connectivity index (χ0) is 11.7. The van der Waals surface area contributed by atoms with Crippen LogP contribution in [0.4, 0.5) is 4.39 Å². The average molecular weight is 307 g/mol. The van der Waals surface area contributed by atoms with Crippen LogP contribution in [-0.2, 0) is 0 Å². The number of amides is 1. The van der Waals surface area contributed by atoms with E-state index in [-0.39, 0.29) is 11.3 Å². The third kappa shape index (κ3) is 2.38. The molecule has 1 aliphatic rings. The quantitative estimate of drug-likeness (QED) is 0.730. The highest BCUT2D eigenvalue weighted by molar-refractivity contribution is 9.10. The van der Waals surface area contributed by atoms with Crippen molar-refractivity contribution in [2.45, 2.75) is 11.8 Å². The Balaban J connectivity index is 2.18. The lowest BCUT2D eigenvalue weighted by molar-refractivity contribution is 0.0792. The zero-order valence-corrected chi connectivity index (χ0v) is 10.8. The van der Waals surface area contributed by atoms with E-state index in [0.29, 0.717) is 23.1 Å². The van der Waals surface area contributed by atoms with Gasteiger partial charge in [-0.1, -0.05) is 0 Å². The van der Waals surface area contributed by atoms with E-state index in [1.165, 1.54) is 12.1 Å². The van der Waals surface area contributed by atoms with Crippen LogP contribution in [0, 0.1) is 5.82 Å². The van der Waals surface area contributed by atoms with Gasteiger partial charge in [0.25, 0.3) is 5.91 Å². The monoisotopic (exact) mass is 305 g/mol. The fraction of sp³-hybridized carbons (Fsp3) is 0.364. The van der Waals surface area contributed by atoms with Crippen LogP contribution in [-0.4, -0.2) is 29.3 Å². The van der Waals surface area contributed by atoms with Crippen LogP contribution >= 0.6 is 27.5 Å². The fourth-order valence-corrected chi connectivity index (χ4v) is 2.22. The molecule has 1 aromatic carbocycles. The number of likely N-dealkylation sites (tertiary alicyclic amines) is 1. The van der Waals surface area contributed by atoms with Crippen LogP contribution < -0.4 is 0 Å². The minimum atomic E-state index is -0.424. The van der Waals surface area contributed by atoms with Crippen molar-refractivity contribution in [1.29, 1.82) is 0 Å². The largest absolute Gasteiger partial charge is 0.337 e. The summed E-state index contributed by atoms with van der Waals surface area (Å²) in [4.78, 5) is 13.6. The molecule has 2 rings (SSSR count). The zero-order valence-electron chi connectivity index (χ0n) is 8.42. The lowest BCUT2D eigenvalue weighted by Gasteiger charge is -2.15. The predicted molar refractivity (Wildman–Crippen MR) is 64.3 cm³/mol. The van der Waals surface area contributed by atoms with Crippen LogP contribution in [0.2, 0.25) is 0 Å². The molecular formula is C11H10BrClFNO. The number of hydrogen-bond acceptors (Lipinski definition) is 1. The van der Waals surface area contributed by atoms with E-state index in [0.717, 1.165) is 6.42 Å². The van der Waals surface area contributed by atoms with Gasteiger partial charge in [-0.15, -0.1) is 11.6 Å². The first-order chi connectivity index (χ1) is 7.58. The van der Waals surface area contributed by atoms with Crippen molar-refractivity contribution in [2.24, 2.45) is 0 Å². The smallest absolute Gasteiger partial charge is 0.254 e. The molecule has 16 heavy (non-hydrogen) atoms. The second kappa shape index (κ2) is 4.72. The number of alkyl halides is 1. The molecule has 1 amide bonds. The van der Waals surface area contributed by atoms with E-state index in [1.807, 2.05) is 0 Å². The summed E-state index contributed by atoms with van der Waals surface area (Å²) < 4.78 is 13.6. The standard InChI is InChI=1S/C11H10BrClFNO/c12-9-2-1-7(5-10(9)14)11(16)15-4-3-8(13)6-15/h1-2,5,8H,3-4,6H2. The molecule has 1 saturated heterocycles. The number of halogens is 3. The maximum atomic E-state index is 13.3. The molecule has 1 heterocycles. The summed E-state index contributed by atoms with van der Waals surface area (Å²) in [6.07, 6.45) is 0.798. The Morgan fingerprint density at radius 3 is 2.88 bits per heavy atom. The highest BCUT2D eigenvalue weighted by Crippen LogP contribution is 2.20. The summed E-state index contributed by atoms with van der Waals surface area (Å²) in [5, 5.41) is 0.0178. The topological polar surface area (TPSA) is 20.3 Å². The van der Waals surface area contributed by atoms with E-state index in [9.17, 15) is 9.18 Å². The summed E-state index contributed by atoms with van der Waals surface area (Å²) >= 11 is 8.97. The van der Waals surface area contributed by atoms with Gasteiger partial charge in [-0.25, -0.2) is 4.39 Å². The maximum absolute atomic E-state index is 13.3. The van der Waals surface area contributed by atoms with Crippen LogP contribution in [0.1, 0.15) is 16.8 Å². The van der Waals surface area contributed by atoms with Gasteiger partial charge in [-0.05, 0) is 40.5 Å². The summed E-state index contributed by atoms with van der Waals surface area (Å²) in [7, 11) is 0. The Bertz CT molecular complexity index is 426. The second-order valence-corrected chi connectivity index (χ2v) is 5.24. The SMILES string of the molecule is O=C(c1ccc(Br)c(F)c1)N1CCC(Cl)C1. The Morgan fingerprint density at radius 2 is 2.31 bits per heavy atom. The molecule has 5 heteroatoms. The van der Waals surface area contributed by atoms with E-state index in [1.54, 1.807) is 11.0 Å². The van der Waals surface area contributed by atoms with Crippen molar-refractivity contribution in [3.63, 3.8) is 0 Å². The number of hydrogen-bond donors (Lipinski definition) is 0. The summed E-state index contributed by atoms with van der Waals surface area (Å²) in [6, 6.07) is 4.39. The molecule has 1 atom stereocenters. The third-order valence-corrected chi connectivity index (χ3v) is 3.58. The van der Waals surface area contributed by atoms with E-state index < -0.39 is 5.82 Å². The Hall–Kier alpha value is -0.610. The highest BCUT2D eigenvalue weighted by Gasteiger charge is 2.25. The molecule has 0 bridgehead atoms. The average Bonchev–Trinajstić information content (AvgIpc) is 2.68.